The molecule has 10 heteroatoms. The van der Waals surface area contributed by atoms with Crippen molar-refractivity contribution >= 4 is 28.8 Å². The summed E-state index contributed by atoms with van der Waals surface area (Å²) in [6.07, 6.45) is 11.2. The van der Waals surface area contributed by atoms with Gasteiger partial charge in [-0.25, -0.2) is 19.5 Å². The molecule has 1 fully saturated rings. The lowest BCUT2D eigenvalue weighted by Gasteiger charge is -2.35. The van der Waals surface area contributed by atoms with Crippen LogP contribution in [-0.2, 0) is 9.47 Å². The smallest absolute Gasteiger partial charge is 0.241 e. The van der Waals surface area contributed by atoms with E-state index in [1.165, 1.54) is 0 Å². The fourth-order valence-corrected chi connectivity index (χ4v) is 3.67. The van der Waals surface area contributed by atoms with Crippen LogP contribution in [0.3, 0.4) is 0 Å². The van der Waals surface area contributed by atoms with Gasteiger partial charge in [0, 0.05) is 42.9 Å². The molecule has 5 rings (SSSR count). The van der Waals surface area contributed by atoms with E-state index < -0.39 is 0 Å². The highest BCUT2D eigenvalue weighted by molar-refractivity contribution is 6.29. The van der Waals surface area contributed by atoms with Crippen molar-refractivity contribution in [1.29, 1.82) is 0 Å². The van der Waals surface area contributed by atoms with Gasteiger partial charge in [-0.15, -0.1) is 5.10 Å². The topological polar surface area (TPSA) is 90.9 Å². The highest BCUT2D eigenvalue weighted by Gasteiger charge is 2.30. The van der Waals surface area contributed by atoms with Crippen molar-refractivity contribution in [2.45, 2.75) is 25.0 Å². The van der Waals surface area contributed by atoms with Crippen LogP contribution >= 0.6 is 11.6 Å². The number of halogens is 1. The maximum atomic E-state index is 6.17. The Hall–Kier alpha value is -2.75. The van der Waals surface area contributed by atoms with Gasteiger partial charge in [-0.05, 0) is 18.9 Å². The quantitative estimate of drug-likeness (QED) is 0.466. The first kappa shape index (κ1) is 18.3. The minimum absolute atomic E-state index is 0.280. The standard InChI is InChI=1S/C19H20ClN7O2/c1-28-4-5-29-14-6-13(7-14)24-18-21-9-16-15(2-3-27(16)25-18)12-8-22-19-23-10-17(20)26(19)11-12/h2-3,8-11,13-14H,4-7H2,1H3,(H,24,25)/t13-,14-. The van der Waals surface area contributed by atoms with Gasteiger partial charge in [-0.3, -0.25) is 4.40 Å². The Kier molecular flexibility index (Phi) is 4.78. The minimum atomic E-state index is 0.280. The number of hydrogen-bond donors (Lipinski definition) is 1. The number of hydrogen-bond acceptors (Lipinski definition) is 7. The predicted molar refractivity (Wildman–Crippen MR) is 108 cm³/mol. The van der Waals surface area contributed by atoms with Crippen LogP contribution in [0.15, 0.2) is 37.1 Å². The second kappa shape index (κ2) is 7.58. The first-order valence-electron chi connectivity index (χ1n) is 9.41. The average Bonchev–Trinajstić information content (AvgIpc) is 3.29. The first-order valence-corrected chi connectivity index (χ1v) is 9.79. The monoisotopic (exact) mass is 413 g/mol. The normalized spacial score (nSPS) is 19.0. The van der Waals surface area contributed by atoms with Crippen molar-refractivity contribution in [3.05, 3.63) is 42.2 Å². The third kappa shape index (κ3) is 3.52. The largest absolute Gasteiger partial charge is 0.382 e. The molecule has 4 aromatic heterocycles. The summed E-state index contributed by atoms with van der Waals surface area (Å²) in [4.78, 5) is 13.0. The summed E-state index contributed by atoms with van der Waals surface area (Å²) in [6.45, 7) is 1.26. The zero-order chi connectivity index (χ0) is 19.8. The number of imidazole rings is 1. The molecule has 4 heterocycles. The molecule has 0 aromatic carbocycles. The van der Waals surface area contributed by atoms with Gasteiger partial charge in [0.1, 0.15) is 5.15 Å². The van der Waals surface area contributed by atoms with Gasteiger partial charge in [0.05, 0.1) is 37.2 Å². The lowest BCUT2D eigenvalue weighted by atomic mass is 9.89. The molecular formula is C19H20ClN7O2. The predicted octanol–water partition coefficient (Wildman–Crippen LogP) is 2.70. The number of rotatable bonds is 7. The highest BCUT2D eigenvalue weighted by Crippen LogP contribution is 2.28. The number of methoxy groups -OCH3 is 1. The highest BCUT2D eigenvalue weighted by atomic mass is 35.5. The van der Waals surface area contributed by atoms with Crippen molar-refractivity contribution in [2.75, 3.05) is 25.6 Å². The van der Waals surface area contributed by atoms with E-state index in [0.29, 0.717) is 36.1 Å². The molecule has 0 aliphatic heterocycles. The van der Waals surface area contributed by atoms with Gasteiger partial charge in [-0.2, -0.15) is 0 Å². The SMILES string of the molecule is COCCO[C@H]1C[C@H](Nc2ncc3c(-c4cnc5ncc(Cl)n5c4)ccn3n2)C1. The maximum absolute atomic E-state index is 6.17. The molecule has 0 amide bonds. The summed E-state index contributed by atoms with van der Waals surface area (Å²) in [5.74, 6) is 1.17. The third-order valence-electron chi connectivity index (χ3n) is 5.12. The van der Waals surface area contributed by atoms with E-state index in [4.69, 9.17) is 21.1 Å². The van der Waals surface area contributed by atoms with Crippen molar-refractivity contribution < 1.29 is 9.47 Å². The summed E-state index contributed by atoms with van der Waals surface area (Å²) in [5, 5.41) is 8.47. The van der Waals surface area contributed by atoms with Crippen molar-refractivity contribution in [1.82, 2.24) is 29.0 Å². The molecule has 0 spiro atoms. The Morgan fingerprint density at radius 3 is 2.90 bits per heavy atom. The summed E-state index contributed by atoms with van der Waals surface area (Å²) in [6, 6.07) is 2.31. The molecule has 0 radical (unpaired) electrons. The molecule has 0 saturated heterocycles. The van der Waals surface area contributed by atoms with Crippen molar-refractivity contribution in [2.24, 2.45) is 0 Å². The molecule has 1 saturated carbocycles. The molecule has 150 valence electrons. The lowest BCUT2D eigenvalue weighted by Crippen LogP contribution is -2.41. The number of aromatic nitrogens is 6. The first-order chi connectivity index (χ1) is 14.2. The van der Waals surface area contributed by atoms with E-state index >= 15 is 0 Å². The van der Waals surface area contributed by atoms with E-state index in [-0.39, 0.29) is 6.10 Å². The van der Waals surface area contributed by atoms with Crippen LogP contribution in [0.2, 0.25) is 5.15 Å². The molecule has 0 atom stereocenters. The average molecular weight is 414 g/mol. The summed E-state index contributed by atoms with van der Waals surface area (Å²) < 4.78 is 14.3. The van der Waals surface area contributed by atoms with Crippen LogP contribution < -0.4 is 5.32 Å². The number of nitrogens with one attached hydrogen (secondary N) is 1. The molecule has 9 nitrogen and oxygen atoms in total. The second-order valence-electron chi connectivity index (χ2n) is 7.03. The third-order valence-corrected chi connectivity index (χ3v) is 5.40. The van der Waals surface area contributed by atoms with Crippen molar-refractivity contribution in [3.8, 4) is 11.1 Å². The number of anilines is 1. The van der Waals surface area contributed by atoms with Crippen LogP contribution in [0, 0.1) is 0 Å². The van der Waals surface area contributed by atoms with E-state index in [9.17, 15) is 0 Å². The molecule has 1 aliphatic rings. The second-order valence-corrected chi connectivity index (χ2v) is 7.42. The van der Waals surface area contributed by atoms with E-state index in [0.717, 1.165) is 29.5 Å². The van der Waals surface area contributed by atoms with Gasteiger partial charge in [0.15, 0.2) is 0 Å². The number of ether oxygens (including phenoxy) is 2. The van der Waals surface area contributed by atoms with Crippen molar-refractivity contribution in [3.63, 3.8) is 0 Å². The van der Waals surface area contributed by atoms with Crippen LogP contribution in [0.4, 0.5) is 5.95 Å². The van der Waals surface area contributed by atoms with Crippen LogP contribution in [0.5, 0.6) is 0 Å². The fraction of sp³-hybridized carbons (Fsp3) is 0.368. The van der Waals surface area contributed by atoms with Gasteiger partial charge in [0.25, 0.3) is 0 Å². The van der Waals surface area contributed by atoms with Crippen LogP contribution in [0.25, 0.3) is 22.4 Å². The zero-order valence-corrected chi connectivity index (χ0v) is 16.6. The minimum Gasteiger partial charge on any atom is -0.382 e. The van der Waals surface area contributed by atoms with E-state index in [1.807, 2.05) is 29.2 Å². The molecular weight excluding hydrogens is 394 g/mol. The Bertz CT molecular complexity index is 1150. The van der Waals surface area contributed by atoms with E-state index in [1.54, 1.807) is 23.9 Å². The Labute approximate surface area is 171 Å². The summed E-state index contributed by atoms with van der Waals surface area (Å²) in [5.41, 5.74) is 2.78. The summed E-state index contributed by atoms with van der Waals surface area (Å²) >= 11 is 6.17. The van der Waals surface area contributed by atoms with Crippen LogP contribution in [-0.4, -0.2) is 61.4 Å². The fourth-order valence-electron chi connectivity index (χ4n) is 3.50. The van der Waals surface area contributed by atoms with Gasteiger partial charge < -0.3 is 14.8 Å². The Morgan fingerprint density at radius 2 is 2.03 bits per heavy atom. The van der Waals surface area contributed by atoms with Gasteiger partial charge in [-0.1, -0.05) is 11.6 Å². The Balaban J connectivity index is 1.30. The lowest BCUT2D eigenvalue weighted by molar-refractivity contribution is -0.0261. The van der Waals surface area contributed by atoms with Gasteiger partial charge in [0.2, 0.25) is 11.7 Å². The molecule has 0 bridgehead atoms. The molecule has 1 N–H and O–H groups in total. The molecule has 0 unspecified atom stereocenters. The van der Waals surface area contributed by atoms with Crippen LogP contribution in [0.1, 0.15) is 12.8 Å². The number of fused-ring (bicyclic) bond motifs is 2. The molecule has 4 aromatic rings. The molecule has 1 aliphatic carbocycles. The van der Waals surface area contributed by atoms with E-state index in [2.05, 4.69) is 25.4 Å². The Morgan fingerprint density at radius 1 is 1.17 bits per heavy atom. The van der Waals surface area contributed by atoms with Gasteiger partial charge >= 0.3 is 0 Å². The zero-order valence-electron chi connectivity index (χ0n) is 15.8. The maximum Gasteiger partial charge on any atom is 0.241 e. The summed E-state index contributed by atoms with van der Waals surface area (Å²) in [7, 11) is 1.68. The number of nitrogens with zero attached hydrogens (tertiary/aromatic N) is 6. The molecule has 29 heavy (non-hydrogen) atoms.